The topological polar surface area (TPSA) is 113 Å². The molecular formula is C10H13K3N2O5S. The van der Waals surface area contributed by atoms with Crippen LogP contribution in [0.1, 0.15) is 19.3 Å². The van der Waals surface area contributed by atoms with Gasteiger partial charge in [0.25, 0.3) is 0 Å². The summed E-state index contributed by atoms with van der Waals surface area (Å²) < 4.78 is 0. The summed E-state index contributed by atoms with van der Waals surface area (Å²) in [4.78, 5) is 34.3. The van der Waals surface area contributed by atoms with Crippen molar-refractivity contribution in [3.8, 4) is 0 Å². The zero-order chi connectivity index (χ0) is 13.7. The molecule has 2 unspecified atom stereocenters. The fraction of sp³-hybridized carbons (Fsp3) is 0.700. The Kier molecular flexibility index (Phi) is 21.9. The molecule has 1 N–H and O–H groups in total. The molecule has 1 aliphatic rings. The minimum Gasteiger partial charge on any atom is -0.793 e. The number of amides is 2. The number of rotatable bonds is 5. The van der Waals surface area contributed by atoms with E-state index in [0.29, 0.717) is 12.8 Å². The van der Waals surface area contributed by atoms with E-state index in [4.69, 9.17) is 0 Å². The van der Waals surface area contributed by atoms with Crippen molar-refractivity contribution < 1.29 is 179 Å². The largest absolute Gasteiger partial charge is 1.00 e. The number of carbonyl (C=O) groups excluding carboxylic acids is 3. The Hall–Kier alpha value is 3.47. The Morgan fingerprint density at radius 3 is 2.24 bits per heavy atom. The number of hydrogen-bond acceptors (Lipinski definition) is 6. The summed E-state index contributed by atoms with van der Waals surface area (Å²) in [5.41, 5.74) is 0. The Bertz CT molecular complexity index is 362. The summed E-state index contributed by atoms with van der Waals surface area (Å²) in [5, 5.41) is 23.7. The van der Waals surface area contributed by atoms with Crippen LogP contribution in [0.25, 0.3) is 0 Å². The van der Waals surface area contributed by atoms with Gasteiger partial charge in [-0.1, -0.05) is 0 Å². The van der Waals surface area contributed by atoms with E-state index in [1.807, 2.05) is 0 Å². The first kappa shape index (κ1) is 29.2. The molecule has 0 saturated carbocycles. The van der Waals surface area contributed by atoms with Gasteiger partial charge in [0.2, 0.25) is 0 Å². The van der Waals surface area contributed by atoms with Gasteiger partial charge in [-0.25, -0.2) is 4.79 Å². The second-order valence-electron chi connectivity index (χ2n) is 3.98. The molecule has 7 nitrogen and oxygen atoms in total. The third kappa shape index (κ3) is 10.3. The van der Waals surface area contributed by atoms with E-state index >= 15 is 0 Å². The molecule has 0 spiro atoms. The first-order valence-electron chi connectivity index (χ1n) is 5.54. The van der Waals surface area contributed by atoms with Crippen molar-refractivity contribution in [3.63, 3.8) is 0 Å². The molecule has 0 aliphatic carbocycles. The quantitative estimate of drug-likeness (QED) is 0.368. The van der Waals surface area contributed by atoms with Crippen molar-refractivity contribution in [2.45, 2.75) is 31.3 Å². The van der Waals surface area contributed by atoms with E-state index in [9.17, 15) is 24.6 Å². The summed E-state index contributed by atoms with van der Waals surface area (Å²) in [7, 11) is 0. The van der Waals surface area contributed by atoms with Crippen LogP contribution in [0.2, 0.25) is 0 Å². The number of nitrogens with one attached hydrogen (secondary N) is 1. The molecule has 0 aromatic rings. The van der Waals surface area contributed by atoms with Crippen LogP contribution in [0.15, 0.2) is 0 Å². The van der Waals surface area contributed by atoms with E-state index < -0.39 is 30.1 Å². The van der Waals surface area contributed by atoms with Gasteiger partial charge in [0.1, 0.15) is 0 Å². The Morgan fingerprint density at radius 2 is 1.81 bits per heavy atom. The van der Waals surface area contributed by atoms with Crippen LogP contribution in [0, 0.1) is 0 Å². The van der Waals surface area contributed by atoms with E-state index in [-0.39, 0.29) is 173 Å². The van der Waals surface area contributed by atoms with Crippen molar-refractivity contribution in [1.29, 1.82) is 0 Å². The van der Waals surface area contributed by atoms with Crippen molar-refractivity contribution in [2.24, 2.45) is 0 Å². The fourth-order valence-corrected chi connectivity index (χ4v) is 2.09. The van der Waals surface area contributed by atoms with Gasteiger partial charge in [0.15, 0.2) is 0 Å². The summed E-state index contributed by atoms with van der Waals surface area (Å²) in [6, 6.07) is -2.94. The Labute approximate surface area is 256 Å². The van der Waals surface area contributed by atoms with Gasteiger partial charge in [-0.15, -0.1) is 0 Å². The third-order valence-corrected chi connectivity index (χ3v) is 3.01. The van der Waals surface area contributed by atoms with Gasteiger partial charge < -0.3 is 42.6 Å². The molecule has 0 bridgehead atoms. The van der Waals surface area contributed by atoms with Crippen LogP contribution in [-0.4, -0.2) is 47.3 Å². The minimum absolute atomic E-state index is 0. The Balaban J connectivity index is -0.00000108. The molecule has 1 aliphatic heterocycles. The Morgan fingerprint density at radius 1 is 1.24 bits per heavy atom. The van der Waals surface area contributed by atoms with E-state index in [1.54, 1.807) is 0 Å². The number of nitrogens with zero attached hydrogens (tertiary/aromatic N) is 1. The molecule has 102 valence electrons. The number of carboxylic acids is 2. The molecule has 0 radical (unpaired) electrons. The number of aliphatic carboxylic acids is 2. The maximum atomic E-state index is 11.7. The predicted octanol–water partition coefficient (Wildman–Crippen LogP) is -12.0. The molecule has 2 amide bonds. The van der Waals surface area contributed by atoms with Gasteiger partial charge in [-0.2, -0.15) is 5.75 Å². The maximum Gasteiger partial charge on any atom is 1.00 e. The first-order chi connectivity index (χ1) is 8.47. The van der Waals surface area contributed by atoms with Crippen molar-refractivity contribution in [1.82, 2.24) is 10.2 Å². The maximum absolute atomic E-state index is 11.7. The molecule has 21 heavy (non-hydrogen) atoms. The SMILES string of the molecule is O=C([O-])C(CC[S-])NC(=O)N1CCCC1C(=O)[O-].[K+].[K+].[K+]. The van der Waals surface area contributed by atoms with Crippen molar-refractivity contribution in [2.75, 3.05) is 12.3 Å². The zero-order valence-electron chi connectivity index (χ0n) is 12.6. The molecule has 0 aromatic carbocycles. The van der Waals surface area contributed by atoms with E-state index in [0.717, 1.165) is 4.90 Å². The fourth-order valence-electron chi connectivity index (χ4n) is 1.85. The number of hydrogen-bond donors (Lipinski definition) is 1. The monoisotopic (exact) mass is 390 g/mol. The number of carboxylic acid groups (broad SMARTS) is 2. The van der Waals surface area contributed by atoms with Gasteiger partial charge in [0.05, 0.1) is 24.0 Å². The van der Waals surface area contributed by atoms with Gasteiger partial charge in [-0.3, -0.25) is 0 Å². The summed E-state index contributed by atoms with van der Waals surface area (Å²) in [6.07, 6.45) is 0.920. The molecule has 1 saturated heterocycles. The number of carbonyl (C=O) groups is 3. The number of likely N-dealkylation sites (tertiary alicyclic amines) is 1. The average Bonchev–Trinajstić information content (AvgIpc) is 2.77. The molecule has 1 fully saturated rings. The van der Waals surface area contributed by atoms with Crippen LogP contribution in [-0.2, 0) is 22.2 Å². The van der Waals surface area contributed by atoms with Crippen molar-refractivity contribution in [3.05, 3.63) is 0 Å². The van der Waals surface area contributed by atoms with Crippen LogP contribution in [0.4, 0.5) is 4.79 Å². The van der Waals surface area contributed by atoms with Crippen LogP contribution >= 0.6 is 0 Å². The summed E-state index contributed by atoms with van der Waals surface area (Å²) >= 11 is 4.64. The van der Waals surface area contributed by atoms with Gasteiger partial charge in [-0.05, 0) is 19.3 Å². The summed E-state index contributed by atoms with van der Waals surface area (Å²) in [5.74, 6) is -2.61. The number of urea groups is 1. The van der Waals surface area contributed by atoms with Gasteiger partial charge >= 0.3 is 160 Å². The molecule has 0 aromatic heterocycles. The van der Waals surface area contributed by atoms with Crippen LogP contribution in [0.5, 0.6) is 0 Å². The first-order valence-corrected chi connectivity index (χ1v) is 6.12. The molecule has 2 atom stereocenters. The van der Waals surface area contributed by atoms with Crippen molar-refractivity contribution >= 4 is 30.6 Å². The minimum atomic E-state index is -1.43. The average molecular weight is 391 g/mol. The summed E-state index contributed by atoms with van der Waals surface area (Å²) in [6.45, 7) is 0.262. The molecule has 1 rings (SSSR count). The van der Waals surface area contributed by atoms with Gasteiger partial charge in [0, 0.05) is 6.54 Å². The van der Waals surface area contributed by atoms with Crippen LogP contribution in [0.3, 0.4) is 0 Å². The molecular weight excluding hydrogens is 377 g/mol. The second kappa shape index (κ2) is 15.7. The normalized spacial score (nSPS) is 17.6. The standard InChI is InChI=1S/C10H16N2O5S.3K/c13-8(14)6(3-5-18)11-10(17)12-4-1-2-7(12)9(15)16;;;/h6-7,18H,1-5H2,(H,11,17)(H,13,14)(H,15,16);;;/q;3*+1/p-3. The zero-order valence-corrected chi connectivity index (χ0v) is 22.8. The third-order valence-electron chi connectivity index (χ3n) is 2.77. The second-order valence-corrected chi connectivity index (χ2v) is 4.39. The molecule has 1 heterocycles. The molecule has 11 heteroatoms. The smallest absolute Gasteiger partial charge is 0.793 e. The van der Waals surface area contributed by atoms with Crippen LogP contribution < -0.4 is 170 Å². The van der Waals surface area contributed by atoms with E-state index in [2.05, 4.69) is 17.9 Å². The van der Waals surface area contributed by atoms with E-state index in [1.165, 1.54) is 0 Å². The predicted molar refractivity (Wildman–Crippen MR) is 58.9 cm³/mol.